The van der Waals surface area contributed by atoms with E-state index in [9.17, 15) is 0 Å². The molecule has 106 valence electrons. The molecule has 1 atom stereocenters. The van der Waals surface area contributed by atoms with Gasteiger partial charge in [-0.3, -0.25) is 0 Å². The van der Waals surface area contributed by atoms with Crippen molar-refractivity contribution < 1.29 is 0 Å². The van der Waals surface area contributed by atoms with Gasteiger partial charge < -0.3 is 9.88 Å². The monoisotopic (exact) mass is 270 g/mol. The molecule has 0 saturated carbocycles. The van der Waals surface area contributed by atoms with Crippen LogP contribution in [0.4, 0.5) is 0 Å². The first-order valence-electron chi connectivity index (χ1n) is 7.44. The van der Waals surface area contributed by atoms with Crippen LogP contribution in [0.2, 0.25) is 0 Å². The average Bonchev–Trinajstić information content (AvgIpc) is 2.84. The highest BCUT2D eigenvalue weighted by molar-refractivity contribution is 5.61. The number of aryl methyl sites for hydroxylation is 2. The summed E-state index contributed by atoms with van der Waals surface area (Å²) >= 11 is 0. The number of hydrogen-bond donors (Lipinski definition) is 1. The Bertz CT molecular complexity index is 615. The Hall–Kier alpha value is -1.68. The van der Waals surface area contributed by atoms with E-state index >= 15 is 0 Å². The van der Waals surface area contributed by atoms with Gasteiger partial charge in [-0.25, -0.2) is 0 Å². The van der Waals surface area contributed by atoms with Crippen LogP contribution in [0.15, 0.2) is 18.2 Å². The highest BCUT2D eigenvalue weighted by atomic mass is 15.3. The van der Waals surface area contributed by atoms with Crippen LogP contribution in [-0.2, 0) is 6.54 Å². The van der Waals surface area contributed by atoms with Crippen molar-refractivity contribution in [1.82, 2.24) is 20.1 Å². The van der Waals surface area contributed by atoms with Crippen LogP contribution in [0.5, 0.6) is 0 Å². The summed E-state index contributed by atoms with van der Waals surface area (Å²) in [5, 5.41) is 12.5. The summed E-state index contributed by atoms with van der Waals surface area (Å²) in [6.07, 6.45) is 2.27. The lowest BCUT2D eigenvalue weighted by molar-refractivity contribution is 0.394. The lowest BCUT2D eigenvalue weighted by Crippen LogP contribution is -2.33. The molecule has 4 nitrogen and oxygen atoms in total. The molecule has 0 radical (unpaired) electrons. The van der Waals surface area contributed by atoms with Crippen molar-refractivity contribution in [2.75, 3.05) is 6.54 Å². The Morgan fingerprint density at radius 2 is 2.15 bits per heavy atom. The summed E-state index contributed by atoms with van der Waals surface area (Å²) in [7, 11) is 0. The van der Waals surface area contributed by atoms with Crippen LogP contribution in [0.3, 0.4) is 0 Å². The quantitative estimate of drug-likeness (QED) is 0.932. The van der Waals surface area contributed by atoms with E-state index < -0.39 is 0 Å². The van der Waals surface area contributed by atoms with E-state index in [-0.39, 0.29) is 0 Å². The Kier molecular flexibility index (Phi) is 3.57. The van der Waals surface area contributed by atoms with E-state index in [2.05, 4.69) is 59.1 Å². The van der Waals surface area contributed by atoms with Gasteiger partial charge in [0.1, 0.15) is 0 Å². The topological polar surface area (TPSA) is 42.7 Å². The average molecular weight is 270 g/mol. The van der Waals surface area contributed by atoms with Crippen LogP contribution >= 0.6 is 0 Å². The summed E-state index contributed by atoms with van der Waals surface area (Å²) in [5.41, 5.74) is 3.76. The fourth-order valence-electron chi connectivity index (χ4n) is 3.02. The van der Waals surface area contributed by atoms with Crippen LogP contribution in [0.1, 0.15) is 42.8 Å². The van der Waals surface area contributed by atoms with E-state index in [0.717, 1.165) is 37.6 Å². The van der Waals surface area contributed by atoms with Gasteiger partial charge in [0.05, 0.1) is 6.04 Å². The van der Waals surface area contributed by atoms with E-state index in [0.29, 0.717) is 6.04 Å². The maximum absolute atomic E-state index is 4.46. The summed E-state index contributed by atoms with van der Waals surface area (Å²) < 4.78 is 2.29. The molecule has 20 heavy (non-hydrogen) atoms. The highest BCUT2D eigenvalue weighted by Crippen LogP contribution is 2.28. The third-order valence-corrected chi connectivity index (χ3v) is 4.02. The largest absolute Gasteiger partial charge is 0.308 e. The number of nitrogens with zero attached hydrogens (tertiary/aromatic N) is 3. The van der Waals surface area contributed by atoms with Gasteiger partial charge in [-0.2, -0.15) is 0 Å². The molecule has 2 heterocycles. The second kappa shape index (κ2) is 5.37. The lowest BCUT2D eigenvalue weighted by atomic mass is 10.0. The number of hydrogen-bond acceptors (Lipinski definition) is 3. The van der Waals surface area contributed by atoms with Gasteiger partial charge in [0.2, 0.25) is 0 Å². The molecular formula is C16H22N4. The van der Waals surface area contributed by atoms with Gasteiger partial charge >= 0.3 is 0 Å². The van der Waals surface area contributed by atoms with Crippen molar-refractivity contribution in [1.29, 1.82) is 0 Å². The van der Waals surface area contributed by atoms with Crippen molar-refractivity contribution in [2.45, 2.75) is 46.2 Å². The zero-order valence-corrected chi connectivity index (χ0v) is 12.5. The predicted molar refractivity (Wildman–Crippen MR) is 80.6 cm³/mol. The van der Waals surface area contributed by atoms with Gasteiger partial charge in [-0.05, 0) is 25.8 Å². The SMILES string of the molecule is CCCC1NCCn2c(-c3ccc(C)cc3C)nnc21. The maximum Gasteiger partial charge on any atom is 0.164 e. The molecule has 1 aliphatic rings. The molecule has 1 aliphatic heterocycles. The Morgan fingerprint density at radius 1 is 1.30 bits per heavy atom. The maximum atomic E-state index is 4.46. The van der Waals surface area contributed by atoms with Gasteiger partial charge in [-0.15, -0.1) is 10.2 Å². The van der Waals surface area contributed by atoms with E-state index in [1.165, 1.54) is 16.7 Å². The molecule has 1 aromatic carbocycles. The van der Waals surface area contributed by atoms with Gasteiger partial charge in [0, 0.05) is 18.7 Å². The number of rotatable bonds is 3. The minimum absolute atomic E-state index is 0.348. The summed E-state index contributed by atoms with van der Waals surface area (Å²) in [6, 6.07) is 6.87. The van der Waals surface area contributed by atoms with Gasteiger partial charge in [-0.1, -0.05) is 37.1 Å². The Labute approximate surface area is 120 Å². The predicted octanol–water partition coefficient (Wildman–Crippen LogP) is 3.01. The van der Waals surface area contributed by atoms with Crippen LogP contribution in [0.25, 0.3) is 11.4 Å². The van der Waals surface area contributed by atoms with Crippen molar-refractivity contribution in [3.63, 3.8) is 0 Å². The first-order valence-corrected chi connectivity index (χ1v) is 7.44. The molecule has 0 spiro atoms. The Balaban J connectivity index is 2.04. The third-order valence-electron chi connectivity index (χ3n) is 4.02. The second-order valence-corrected chi connectivity index (χ2v) is 5.65. The minimum Gasteiger partial charge on any atom is -0.308 e. The first kappa shape index (κ1) is 13.3. The number of aromatic nitrogens is 3. The zero-order chi connectivity index (χ0) is 14.1. The Morgan fingerprint density at radius 3 is 2.90 bits per heavy atom. The fourth-order valence-corrected chi connectivity index (χ4v) is 3.02. The summed E-state index contributed by atoms with van der Waals surface area (Å²) in [5.74, 6) is 2.10. The molecule has 1 aromatic heterocycles. The molecule has 0 fully saturated rings. The van der Waals surface area contributed by atoms with Gasteiger partial charge in [0.15, 0.2) is 11.6 Å². The molecule has 0 amide bonds. The molecule has 1 unspecified atom stereocenters. The molecular weight excluding hydrogens is 248 g/mol. The fraction of sp³-hybridized carbons (Fsp3) is 0.500. The summed E-state index contributed by atoms with van der Waals surface area (Å²) in [4.78, 5) is 0. The van der Waals surface area contributed by atoms with E-state index in [1.807, 2.05) is 0 Å². The minimum atomic E-state index is 0.348. The standard InChI is InChI=1S/C16H22N4/c1-4-5-14-16-19-18-15(20(16)9-8-17-14)13-7-6-11(2)10-12(13)3/h6-7,10,14,17H,4-5,8-9H2,1-3H3. The molecule has 2 aromatic rings. The highest BCUT2D eigenvalue weighted by Gasteiger charge is 2.25. The molecule has 0 bridgehead atoms. The van der Waals surface area contributed by atoms with Crippen LogP contribution in [-0.4, -0.2) is 21.3 Å². The van der Waals surface area contributed by atoms with Crippen molar-refractivity contribution in [3.05, 3.63) is 35.2 Å². The lowest BCUT2D eigenvalue weighted by Gasteiger charge is -2.25. The van der Waals surface area contributed by atoms with Crippen molar-refractivity contribution in [2.24, 2.45) is 0 Å². The number of nitrogens with one attached hydrogen (secondary N) is 1. The van der Waals surface area contributed by atoms with Crippen LogP contribution < -0.4 is 5.32 Å². The van der Waals surface area contributed by atoms with E-state index in [1.54, 1.807) is 0 Å². The smallest absolute Gasteiger partial charge is 0.164 e. The normalized spacial score (nSPS) is 18.1. The number of benzene rings is 1. The van der Waals surface area contributed by atoms with Crippen molar-refractivity contribution >= 4 is 0 Å². The molecule has 4 heteroatoms. The molecule has 3 rings (SSSR count). The summed E-state index contributed by atoms with van der Waals surface area (Å²) in [6.45, 7) is 8.42. The van der Waals surface area contributed by atoms with E-state index in [4.69, 9.17) is 0 Å². The van der Waals surface area contributed by atoms with Crippen molar-refractivity contribution in [3.8, 4) is 11.4 Å². The molecule has 1 N–H and O–H groups in total. The van der Waals surface area contributed by atoms with Gasteiger partial charge in [0.25, 0.3) is 0 Å². The molecule has 0 aliphatic carbocycles. The second-order valence-electron chi connectivity index (χ2n) is 5.65. The zero-order valence-electron chi connectivity index (χ0n) is 12.5. The first-order chi connectivity index (χ1) is 9.70. The third kappa shape index (κ3) is 2.24. The molecule has 0 saturated heterocycles. The number of fused-ring (bicyclic) bond motifs is 1. The van der Waals surface area contributed by atoms with Crippen LogP contribution in [0, 0.1) is 13.8 Å².